The predicted octanol–water partition coefficient (Wildman–Crippen LogP) is 1.72. The van der Waals surface area contributed by atoms with Crippen molar-refractivity contribution in [2.45, 2.75) is 26.2 Å². The van der Waals surface area contributed by atoms with E-state index < -0.39 is 0 Å². The molecule has 1 aliphatic rings. The highest BCUT2D eigenvalue weighted by Crippen LogP contribution is 2.32. The van der Waals surface area contributed by atoms with Gasteiger partial charge in [0.05, 0.1) is 6.20 Å². The summed E-state index contributed by atoms with van der Waals surface area (Å²) < 4.78 is 5.19. The minimum atomic E-state index is 0.612. The van der Waals surface area contributed by atoms with Gasteiger partial charge in [-0.3, -0.25) is 5.10 Å². The van der Waals surface area contributed by atoms with E-state index in [1.54, 1.807) is 6.20 Å². The summed E-state index contributed by atoms with van der Waals surface area (Å²) in [6.45, 7) is 1.97. The molecule has 1 fully saturated rings. The number of nitrogens with zero attached hydrogens (tertiary/aromatic N) is 3. The number of rotatable bonds is 3. The molecule has 2 heterocycles. The highest BCUT2D eigenvalue weighted by atomic mass is 16.5. The monoisotopic (exact) mass is 204 g/mol. The van der Waals surface area contributed by atoms with E-state index in [4.69, 9.17) is 4.52 Å². The Morgan fingerprint density at radius 3 is 3.07 bits per heavy atom. The number of hydrogen-bond donors (Lipinski definition) is 1. The molecule has 0 amide bonds. The third kappa shape index (κ3) is 1.65. The number of aryl methyl sites for hydroxylation is 1. The maximum atomic E-state index is 5.19. The molecule has 78 valence electrons. The van der Waals surface area contributed by atoms with Gasteiger partial charge in [0.15, 0.2) is 0 Å². The van der Waals surface area contributed by atoms with Crippen LogP contribution >= 0.6 is 0 Å². The van der Waals surface area contributed by atoms with Crippen LogP contribution in [0.1, 0.15) is 24.3 Å². The minimum absolute atomic E-state index is 0.612. The van der Waals surface area contributed by atoms with Gasteiger partial charge in [-0.05, 0) is 31.2 Å². The van der Waals surface area contributed by atoms with E-state index in [0.717, 1.165) is 29.5 Å². The SMILES string of the molecule is Cc1cn[nH]c1-c1noc(CC2CC2)n1. The van der Waals surface area contributed by atoms with Gasteiger partial charge >= 0.3 is 0 Å². The maximum absolute atomic E-state index is 5.19. The van der Waals surface area contributed by atoms with Crippen LogP contribution in [0.25, 0.3) is 11.5 Å². The second-order valence-electron chi connectivity index (χ2n) is 4.09. The van der Waals surface area contributed by atoms with Gasteiger partial charge < -0.3 is 4.52 Å². The van der Waals surface area contributed by atoms with Crippen LogP contribution in [0.15, 0.2) is 10.7 Å². The third-order valence-corrected chi connectivity index (χ3v) is 2.68. The van der Waals surface area contributed by atoms with E-state index >= 15 is 0 Å². The average molecular weight is 204 g/mol. The highest BCUT2D eigenvalue weighted by molar-refractivity contribution is 5.52. The molecule has 1 aliphatic carbocycles. The molecule has 0 radical (unpaired) electrons. The molecule has 0 saturated heterocycles. The Hall–Kier alpha value is -1.65. The lowest BCUT2D eigenvalue weighted by Gasteiger charge is -1.88. The van der Waals surface area contributed by atoms with Crippen LogP contribution in [0.2, 0.25) is 0 Å². The van der Waals surface area contributed by atoms with Gasteiger partial charge in [0.25, 0.3) is 0 Å². The maximum Gasteiger partial charge on any atom is 0.227 e. The summed E-state index contributed by atoms with van der Waals surface area (Å²) in [6, 6.07) is 0. The lowest BCUT2D eigenvalue weighted by Crippen LogP contribution is -1.88. The second kappa shape index (κ2) is 3.18. The van der Waals surface area contributed by atoms with Crippen molar-refractivity contribution in [3.63, 3.8) is 0 Å². The Balaban J connectivity index is 1.86. The lowest BCUT2D eigenvalue weighted by molar-refractivity contribution is 0.373. The molecule has 2 aromatic rings. The number of nitrogens with one attached hydrogen (secondary N) is 1. The number of hydrogen-bond acceptors (Lipinski definition) is 4. The van der Waals surface area contributed by atoms with Crippen LogP contribution in [0, 0.1) is 12.8 Å². The van der Waals surface area contributed by atoms with Crippen LogP contribution in [0.4, 0.5) is 0 Å². The highest BCUT2D eigenvalue weighted by Gasteiger charge is 2.24. The van der Waals surface area contributed by atoms with Crippen molar-refractivity contribution in [1.82, 2.24) is 20.3 Å². The summed E-state index contributed by atoms with van der Waals surface area (Å²) in [7, 11) is 0. The van der Waals surface area contributed by atoms with Gasteiger partial charge in [0, 0.05) is 6.42 Å². The third-order valence-electron chi connectivity index (χ3n) is 2.68. The van der Waals surface area contributed by atoms with E-state index in [2.05, 4.69) is 20.3 Å². The van der Waals surface area contributed by atoms with Gasteiger partial charge in [0.2, 0.25) is 11.7 Å². The van der Waals surface area contributed by atoms with E-state index in [1.807, 2.05) is 6.92 Å². The normalized spacial score (nSPS) is 15.8. The van der Waals surface area contributed by atoms with Crippen molar-refractivity contribution in [1.29, 1.82) is 0 Å². The minimum Gasteiger partial charge on any atom is -0.339 e. The second-order valence-corrected chi connectivity index (χ2v) is 4.09. The smallest absolute Gasteiger partial charge is 0.227 e. The Morgan fingerprint density at radius 1 is 1.53 bits per heavy atom. The van der Waals surface area contributed by atoms with Crippen molar-refractivity contribution in [3.8, 4) is 11.5 Å². The van der Waals surface area contributed by atoms with Crippen LogP contribution < -0.4 is 0 Å². The Kier molecular flexibility index (Phi) is 1.83. The molecule has 0 atom stereocenters. The molecule has 15 heavy (non-hydrogen) atoms. The molecule has 2 aromatic heterocycles. The summed E-state index contributed by atoms with van der Waals surface area (Å²) in [5.41, 5.74) is 1.88. The predicted molar refractivity (Wildman–Crippen MR) is 53.0 cm³/mol. The van der Waals surface area contributed by atoms with Crippen molar-refractivity contribution in [2.24, 2.45) is 5.92 Å². The van der Waals surface area contributed by atoms with Gasteiger partial charge in [0.1, 0.15) is 5.69 Å². The van der Waals surface area contributed by atoms with Gasteiger partial charge in [-0.2, -0.15) is 10.1 Å². The van der Waals surface area contributed by atoms with Crippen molar-refractivity contribution < 1.29 is 4.52 Å². The van der Waals surface area contributed by atoms with Crippen LogP contribution in [-0.2, 0) is 6.42 Å². The molecule has 5 nitrogen and oxygen atoms in total. The van der Waals surface area contributed by atoms with Gasteiger partial charge in [-0.15, -0.1) is 0 Å². The van der Waals surface area contributed by atoms with Crippen molar-refractivity contribution >= 4 is 0 Å². The number of aromatic amines is 1. The zero-order valence-electron chi connectivity index (χ0n) is 8.53. The molecule has 0 bridgehead atoms. The lowest BCUT2D eigenvalue weighted by atomic mass is 10.2. The summed E-state index contributed by atoms with van der Waals surface area (Å²) in [6.07, 6.45) is 5.26. The fourth-order valence-electron chi connectivity index (χ4n) is 1.58. The van der Waals surface area contributed by atoms with Gasteiger partial charge in [-0.25, -0.2) is 0 Å². The first-order valence-electron chi connectivity index (χ1n) is 5.16. The Bertz CT molecular complexity index is 469. The van der Waals surface area contributed by atoms with Crippen LogP contribution in [-0.4, -0.2) is 20.3 Å². The van der Waals surface area contributed by atoms with Crippen molar-refractivity contribution in [2.75, 3.05) is 0 Å². The molecule has 5 heteroatoms. The molecule has 1 N–H and O–H groups in total. The summed E-state index contributed by atoms with van der Waals surface area (Å²) >= 11 is 0. The Labute approximate surface area is 86.9 Å². The number of aromatic nitrogens is 4. The molecule has 3 rings (SSSR count). The van der Waals surface area contributed by atoms with Gasteiger partial charge in [-0.1, -0.05) is 5.16 Å². The molecule has 0 unspecified atom stereocenters. The Morgan fingerprint density at radius 2 is 2.40 bits per heavy atom. The van der Waals surface area contributed by atoms with Crippen LogP contribution in [0.3, 0.4) is 0 Å². The zero-order valence-corrected chi connectivity index (χ0v) is 8.53. The zero-order chi connectivity index (χ0) is 10.3. The summed E-state index contributed by atoms with van der Waals surface area (Å²) in [4.78, 5) is 4.34. The molecule has 0 spiro atoms. The summed E-state index contributed by atoms with van der Waals surface area (Å²) in [5, 5.41) is 10.7. The first kappa shape index (κ1) is 8.64. The molecular formula is C10H12N4O. The van der Waals surface area contributed by atoms with E-state index in [0.29, 0.717) is 5.82 Å². The number of H-pyrrole nitrogens is 1. The van der Waals surface area contributed by atoms with E-state index in [-0.39, 0.29) is 0 Å². The molecular weight excluding hydrogens is 192 g/mol. The van der Waals surface area contributed by atoms with E-state index in [1.165, 1.54) is 12.8 Å². The largest absolute Gasteiger partial charge is 0.339 e. The van der Waals surface area contributed by atoms with Crippen molar-refractivity contribution in [3.05, 3.63) is 17.7 Å². The standard InChI is InChI=1S/C10H12N4O/c1-6-5-11-13-9(6)10-12-8(15-14-10)4-7-2-3-7/h5,7H,2-4H2,1H3,(H,11,13). The molecule has 0 aromatic carbocycles. The first-order chi connectivity index (χ1) is 7.33. The van der Waals surface area contributed by atoms with E-state index in [9.17, 15) is 0 Å². The molecule has 1 saturated carbocycles. The quantitative estimate of drug-likeness (QED) is 0.826. The topological polar surface area (TPSA) is 67.6 Å². The fraction of sp³-hybridized carbons (Fsp3) is 0.500. The average Bonchev–Trinajstić information content (AvgIpc) is 2.74. The molecule has 0 aliphatic heterocycles. The summed E-state index contributed by atoms with van der Waals surface area (Å²) in [5.74, 6) is 2.11. The fourth-order valence-corrected chi connectivity index (χ4v) is 1.58. The van der Waals surface area contributed by atoms with Crippen LogP contribution in [0.5, 0.6) is 0 Å². The first-order valence-corrected chi connectivity index (χ1v) is 5.16.